The molecule has 0 aliphatic rings. The van der Waals surface area contributed by atoms with Gasteiger partial charge in [-0.15, -0.1) is 0 Å². The van der Waals surface area contributed by atoms with E-state index in [-0.39, 0.29) is 0 Å². The molecule has 3 aromatic rings. The van der Waals surface area contributed by atoms with Gasteiger partial charge >= 0.3 is 0 Å². The van der Waals surface area contributed by atoms with Gasteiger partial charge in [0, 0.05) is 17.4 Å². The summed E-state index contributed by atoms with van der Waals surface area (Å²) in [6.45, 7) is 8.72. The first-order valence-corrected chi connectivity index (χ1v) is 8.74. The van der Waals surface area contributed by atoms with Crippen LogP contribution in [0.2, 0.25) is 0 Å². The zero-order valence-electron chi connectivity index (χ0n) is 15.6. The van der Waals surface area contributed by atoms with Gasteiger partial charge < -0.3 is 15.4 Å². The Kier molecular flexibility index (Phi) is 5.37. The maximum absolute atomic E-state index is 5.66. The third-order valence-corrected chi connectivity index (χ3v) is 4.15. The summed E-state index contributed by atoms with van der Waals surface area (Å²) < 4.78 is 5.66. The smallest absolute Gasteiger partial charge is 0.229 e. The molecule has 5 nitrogen and oxygen atoms in total. The minimum absolute atomic E-state index is 0.532. The molecule has 0 unspecified atom stereocenters. The van der Waals surface area contributed by atoms with Crippen molar-refractivity contribution in [3.05, 3.63) is 65.4 Å². The summed E-state index contributed by atoms with van der Waals surface area (Å²) in [5.41, 5.74) is 5.22. The van der Waals surface area contributed by atoms with Crippen LogP contribution in [0, 0.1) is 20.8 Å². The Morgan fingerprint density at radius 2 is 1.65 bits per heavy atom. The lowest BCUT2D eigenvalue weighted by molar-refractivity contribution is 0.342. The summed E-state index contributed by atoms with van der Waals surface area (Å²) in [4.78, 5) is 9.10. The molecule has 1 aromatic heterocycles. The number of anilines is 4. The van der Waals surface area contributed by atoms with Crippen LogP contribution in [0.25, 0.3) is 0 Å². The Bertz CT molecular complexity index is 908. The zero-order chi connectivity index (χ0) is 18.5. The van der Waals surface area contributed by atoms with Gasteiger partial charge in [-0.2, -0.15) is 4.98 Å². The molecule has 0 amide bonds. The molecule has 0 aliphatic heterocycles. The van der Waals surface area contributed by atoms with Crippen molar-refractivity contribution in [2.45, 2.75) is 27.7 Å². The third-order valence-electron chi connectivity index (χ3n) is 4.15. The van der Waals surface area contributed by atoms with Crippen LogP contribution >= 0.6 is 0 Å². The standard InChI is InChI=1S/C21H24N4O/c1-5-26-19-12-7-6-10-18(19)24-21-22-15(3)13-20(25-21)23-17-11-8-9-14(2)16(17)4/h6-13H,5H2,1-4H3,(H2,22,23,24,25). The topological polar surface area (TPSA) is 59.1 Å². The monoisotopic (exact) mass is 348 g/mol. The Morgan fingerprint density at radius 3 is 2.46 bits per heavy atom. The van der Waals surface area contributed by atoms with Crippen molar-refractivity contribution in [1.29, 1.82) is 0 Å². The molecule has 2 aromatic carbocycles. The second-order valence-corrected chi connectivity index (χ2v) is 6.14. The van der Waals surface area contributed by atoms with E-state index in [0.29, 0.717) is 12.6 Å². The zero-order valence-corrected chi connectivity index (χ0v) is 15.6. The second-order valence-electron chi connectivity index (χ2n) is 6.14. The summed E-state index contributed by atoms with van der Waals surface area (Å²) in [6, 6.07) is 15.9. The summed E-state index contributed by atoms with van der Waals surface area (Å²) in [5, 5.41) is 6.66. The van der Waals surface area contributed by atoms with Crippen molar-refractivity contribution in [3.63, 3.8) is 0 Å². The lowest BCUT2D eigenvalue weighted by atomic mass is 10.1. The highest BCUT2D eigenvalue weighted by molar-refractivity contribution is 5.66. The predicted molar refractivity (Wildman–Crippen MR) is 107 cm³/mol. The van der Waals surface area contributed by atoms with Gasteiger partial charge in [-0.1, -0.05) is 24.3 Å². The molecular weight excluding hydrogens is 324 g/mol. The largest absolute Gasteiger partial charge is 0.492 e. The average molecular weight is 348 g/mol. The molecule has 5 heteroatoms. The molecule has 2 N–H and O–H groups in total. The minimum Gasteiger partial charge on any atom is -0.492 e. The summed E-state index contributed by atoms with van der Waals surface area (Å²) in [5.74, 6) is 2.07. The van der Waals surface area contributed by atoms with E-state index in [2.05, 4.69) is 46.6 Å². The number of benzene rings is 2. The van der Waals surface area contributed by atoms with Gasteiger partial charge in [0.2, 0.25) is 5.95 Å². The lowest BCUT2D eigenvalue weighted by Crippen LogP contribution is -2.04. The Labute approximate surface area is 154 Å². The van der Waals surface area contributed by atoms with Crippen LogP contribution in [0.3, 0.4) is 0 Å². The first-order valence-electron chi connectivity index (χ1n) is 8.74. The highest BCUT2D eigenvalue weighted by atomic mass is 16.5. The van der Waals surface area contributed by atoms with E-state index >= 15 is 0 Å². The Hall–Kier alpha value is -3.08. The second kappa shape index (κ2) is 7.87. The molecule has 0 spiro atoms. The number of rotatable bonds is 6. The van der Waals surface area contributed by atoms with Gasteiger partial charge in [-0.3, -0.25) is 0 Å². The van der Waals surface area contributed by atoms with Gasteiger partial charge in [-0.05, 0) is 57.0 Å². The normalized spacial score (nSPS) is 10.5. The maximum Gasteiger partial charge on any atom is 0.229 e. The van der Waals surface area contributed by atoms with E-state index in [0.717, 1.165) is 28.6 Å². The van der Waals surface area contributed by atoms with E-state index in [9.17, 15) is 0 Å². The van der Waals surface area contributed by atoms with Gasteiger partial charge in [-0.25, -0.2) is 4.98 Å². The number of hydrogen-bond donors (Lipinski definition) is 2. The predicted octanol–water partition coefficient (Wildman–Crippen LogP) is 5.29. The van der Waals surface area contributed by atoms with Crippen molar-refractivity contribution < 1.29 is 4.74 Å². The maximum atomic E-state index is 5.66. The molecular formula is C21H24N4O. The fourth-order valence-corrected chi connectivity index (χ4v) is 2.68. The Morgan fingerprint density at radius 1 is 0.885 bits per heavy atom. The number of aromatic nitrogens is 2. The van der Waals surface area contributed by atoms with Gasteiger partial charge in [0.1, 0.15) is 11.6 Å². The number of aryl methyl sites for hydroxylation is 2. The van der Waals surface area contributed by atoms with Crippen LogP contribution in [0.4, 0.5) is 23.1 Å². The van der Waals surface area contributed by atoms with E-state index in [4.69, 9.17) is 4.74 Å². The number of nitrogens with one attached hydrogen (secondary N) is 2. The van der Waals surface area contributed by atoms with E-state index in [1.807, 2.05) is 50.2 Å². The third kappa shape index (κ3) is 4.11. The van der Waals surface area contributed by atoms with Gasteiger partial charge in [0.15, 0.2) is 0 Å². The quantitative estimate of drug-likeness (QED) is 0.634. The molecule has 3 rings (SSSR count). The molecule has 0 fully saturated rings. The van der Waals surface area contributed by atoms with Gasteiger partial charge in [0.05, 0.1) is 12.3 Å². The molecule has 0 saturated carbocycles. The van der Waals surface area contributed by atoms with Crippen LogP contribution in [-0.2, 0) is 0 Å². The number of nitrogens with zero attached hydrogens (tertiary/aromatic N) is 2. The first kappa shape index (κ1) is 17.7. The minimum atomic E-state index is 0.532. The van der Waals surface area contributed by atoms with E-state index < -0.39 is 0 Å². The lowest BCUT2D eigenvalue weighted by Gasteiger charge is -2.14. The molecule has 0 bridgehead atoms. The number of hydrogen-bond acceptors (Lipinski definition) is 5. The van der Waals surface area contributed by atoms with Crippen molar-refractivity contribution in [2.24, 2.45) is 0 Å². The Balaban J connectivity index is 1.88. The van der Waals surface area contributed by atoms with Crippen LogP contribution in [-0.4, -0.2) is 16.6 Å². The molecule has 1 heterocycles. The SMILES string of the molecule is CCOc1ccccc1Nc1nc(C)cc(Nc2cccc(C)c2C)n1. The van der Waals surface area contributed by atoms with Crippen molar-refractivity contribution in [3.8, 4) is 5.75 Å². The van der Waals surface area contributed by atoms with E-state index in [1.54, 1.807) is 0 Å². The molecule has 134 valence electrons. The fourth-order valence-electron chi connectivity index (χ4n) is 2.68. The van der Waals surface area contributed by atoms with Gasteiger partial charge in [0.25, 0.3) is 0 Å². The first-order chi connectivity index (χ1) is 12.6. The van der Waals surface area contributed by atoms with Crippen LogP contribution in [0.5, 0.6) is 5.75 Å². The highest BCUT2D eigenvalue weighted by Crippen LogP contribution is 2.27. The number of para-hydroxylation sites is 2. The van der Waals surface area contributed by atoms with Crippen molar-refractivity contribution in [2.75, 3.05) is 17.2 Å². The molecule has 0 radical (unpaired) electrons. The highest BCUT2D eigenvalue weighted by Gasteiger charge is 2.08. The molecule has 0 aliphatic carbocycles. The van der Waals surface area contributed by atoms with Crippen LogP contribution in [0.15, 0.2) is 48.5 Å². The summed E-state index contributed by atoms with van der Waals surface area (Å²) in [7, 11) is 0. The van der Waals surface area contributed by atoms with Crippen LogP contribution in [0.1, 0.15) is 23.7 Å². The molecule has 26 heavy (non-hydrogen) atoms. The summed E-state index contributed by atoms with van der Waals surface area (Å²) >= 11 is 0. The number of ether oxygens (including phenoxy) is 1. The fraction of sp³-hybridized carbons (Fsp3) is 0.238. The molecule has 0 saturated heterocycles. The molecule has 0 atom stereocenters. The summed E-state index contributed by atoms with van der Waals surface area (Å²) in [6.07, 6.45) is 0. The van der Waals surface area contributed by atoms with Crippen LogP contribution < -0.4 is 15.4 Å². The van der Waals surface area contributed by atoms with Crippen molar-refractivity contribution in [1.82, 2.24) is 9.97 Å². The van der Waals surface area contributed by atoms with Crippen molar-refractivity contribution >= 4 is 23.1 Å². The average Bonchev–Trinajstić information content (AvgIpc) is 2.60. The van der Waals surface area contributed by atoms with E-state index in [1.165, 1.54) is 11.1 Å².